The van der Waals surface area contributed by atoms with Crippen molar-refractivity contribution in [2.75, 3.05) is 31.1 Å². The second-order valence-electron chi connectivity index (χ2n) is 7.02. The Morgan fingerprint density at radius 1 is 0.897 bits per heavy atom. The van der Waals surface area contributed by atoms with Crippen LogP contribution < -0.4 is 10.5 Å². The van der Waals surface area contributed by atoms with E-state index in [2.05, 4.69) is 19.9 Å². The summed E-state index contributed by atoms with van der Waals surface area (Å²) in [6, 6.07) is 13.6. The largest absolute Gasteiger partial charge is 0.366 e. The van der Waals surface area contributed by atoms with Crippen molar-refractivity contribution in [1.29, 1.82) is 0 Å². The minimum Gasteiger partial charge on any atom is -0.366 e. The van der Waals surface area contributed by atoms with Crippen molar-refractivity contribution in [2.45, 2.75) is 13.1 Å². The van der Waals surface area contributed by atoms with Gasteiger partial charge in [-0.3, -0.25) is 14.7 Å². The molecule has 0 amide bonds. The van der Waals surface area contributed by atoms with E-state index < -0.39 is 0 Å². The first-order chi connectivity index (χ1) is 14.1. The number of nitrogens with zero attached hydrogens (tertiary/aromatic N) is 5. The fraction of sp³-hybridized carbons (Fsp3) is 0.286. The van der Waals surface area contributed by atoms with Crippen LogP contribution in [0.1, 0.15) is 11.3 Å². The van der Waals surface area contributed by atoms with Gasteiger partial charge in [0, 0.05) is 38.9 Å². The highest BCUT2D eigenvalue weighted by molar-refractivity contribution is 6.33. The molecule has 0 radical (unpaired) electrons. The molecule has 0 aliphatic carbocycles. The maximum atomic E-state index is 12.7. The van der Waals surface area contributed by atoms with Crippen LogP contribution in [0.4, 0.5) is 5.69 Å². The molecule has 0 N–H and O–H groups in total. The van der Waals surface area contributed by atoms with E-state index in [-0.39, 0.29) is 10.6 Å². The van der Waals surface area contributed by atoms with Gasteiger partial charge in [-0.25, -0.2) is 4.68 Å². The second-order valence-corrected chi connectivity index (χ2v) is 7.84. The summed E-state index contributed by atoms with van der Waals surface area (Å²) in [5, 5.41) is 5.21. The zero-order valence-electron chi connectivity index (χ0n) is 15.8. The van der Waals surface area contributed by atoms with Gasteiger partial charge in [0.2, 0.25) is 0 Å². The number of pyridine rings is 1. The minimum atomic E-state index is -0.263. The Balaban J connectivity index is 1.41. The molecule has 1 aromatic carbocycles. The van der Waals surface area contributed by atoms with Crippen LogP contribution in [0.15, 0.2) is 59.7 Å². The molecule has 1 fully saturated rings. The summed E-state index contributed by atoms with van der Waals surface area (Å²) < 4.78 is 1.41. The number of halogens is 2. The average molecular weight is 430 g/mol. The fourth-order valence-corrected chi connectivity index (χ4v) is 3.80. The topological polar surface area (TPSA) is 54.3 Å². The Labute approximate surface area is 179 Å². The van der Waals surface area contributed by atoms with Crippen LogP contribution in [0, 0.1) is 0 Å². The summed E-state index contributed by atoms with van der Waals surface area (Å²) in [6.07, 6.45) is 3.37. The minimum absolute atomic E-state index is 0.226. The molecule has 4 rings (SSSR count). The van der Waals surface area contributed by atoms with Gasteiger partial charge in [-0.05, 0) is 17.7 Å². The monoisotopic (exact) mass is 429 g/mol. The van der Waals surface area contributed by atoms with Gasteiger partial charge in [0.15, 0.2) is 0 Å². The molecule has 1 aliphatic heterocycles. The number of piperazine rings is 1. The molecular weight excluding hydrogens is 409 g/mol. The van der Waals surface area contributed by atoms with Crippen molar-refractivity contribution < 1.29 is 0 Å². The first-order valence-electron chi connectivity index (χ1n) is 9.47. The predicted octanol–water partition coefficient (Wildman–Crippen LogP) is 3.32. The lowest BCUT2D eigenvalue weighted by Gasteiger charge is -2.36. The van der Waals surface area contributed by atoms with Gasteiger partial charge in [-0.15, -0.1) is 0 Å². The summed E-state index contributed by atoms with van der Waals surface area (Å²) in [5.41, 5.74) is 2.44. The third-order valence-electron chi connectivity index (χ3n) is 5.03. The molecule has 0 atom stereocenters. The van der Waals surface area contributed by atoms with E-state index in [1.165, 1.54) is 4.68 Å². The van der Waals surface area contributed by atoms with Crippen molar-refractivity contribution in [3.63, 3.8) is 0 Å². The van der Waals surface area contributed by atoms with E-state index in [9.17, 15) is 4.79 Å². The third kappa shape index (κ3) is 4.78. The van der Waals surface area contributed by atoms with Gasteiger partial charge in [-0.1, -0.05) is 53.5 Å². The number of hydrogen-bond acceptors (Lipinski definition) is 5. The fourth-order valence-electron chi connectivity index (χ4n) is 3.42. The van der Waals surface area contributed by atoms with Gasteiger partial charge in [0.25, 0.3) is 5.56 Å². The van der Waals surface area contributed by atoms with E-state index in [1.807, 2.05) is 42.5 Å². The SMILES string of the molecule is O=c1c(Cl)c(N2CCN(Cc3ccc(Cl)cn3)CC2)cnn1Cc1ccccc1. The molecule has 150 valence electrons. The first-order valence-corrected chi connectivity index (χ1v) is 10.2. The smallest absolute Gasteiger partial charge is 0.287 e. The van der Waals surface area contributed by atoms with E-state index in [1.54, 1.807) is 12.4 Å². The van der Waals surface area contributed by atoms with Crippen molar-refractivity contribution >= 4 is 28.9 Å². The van der Waals surface area contributed by atoms with Gasteiger partial charge in [0.1, 0.15) is 5.02 Å². The Kier molecular flexibility index (Phi) is 6.13. The van der Waals surface area contributed by atoms with Crippen LogP contribution in [0.3, 0.4) is 0 Å². The Morgan fingerprint density at radius 2 is 1.66 bits per heavy atom. The van der Waals surface area contributed by atoms with Crippen molar-refractivity contribution in [2.24, 2.45) is 0 Å². The van der Waals surface area contributed by atoms with Crippen LogP contribution in [-0.4, -0.2) is 45.8 Å². The van der Waals surface area contributed by atoms with Gasteiger partial charge in [0.05, 0.1) is 29.1 Å². The molecule has 1 aliphatic rings. The molecule has 3 heterocycles. The Morgan fingerprint density at radius 3 is 2.34 bits per heavy atom. The average Bonchev–Trinajstić information content (AvgIpc) is 2.75. The molecule has 0 saturated carbocycles. The maximum absolute atomic E-state index is 12.7. The highest BCUT2D eigenvalue weighted by atomic mass is 35.5. The summed E-state index contributed by atoms with van der Waals surface area (Å²) in [4.78, 5) is 21.5. The molecule has 3 aromatic rings. The number of aromatic nitrogens is 3. The molecule has 0 unspecified atom stereocenters. The normalized spacial score (nSPS) is 14.9. The zero-order valence-corrected chi connectivity index (χ0v) is 17.4. The van der Waals surface area contributed by atoms with E-state index >= 15 is 0 Å². The molecular formula is C21H21Cl2N5O. The van der Waals surface area contributed by atoms with E-state index in [4.69, 9.17) is 23.2 Å². The van der Waals surface area contributed by atoms with Crippen LogP contribution in [0.2, 0.25) is 10.0 Å². The highest BCUT2D eigenvalue weighted by Gasteiger charge is 2.21. The van der Waals surface area contributed by atoms with Gasteiger partial charge < -0.3 is 4.90 Å². The van der Waals surface area contributed by atoms with Gasteiger partial charge in [-0.2, -0.15) is 5.10 Å². The number of anilines is 1. The maximum Gasteiger partial charge on any atom is 0.287 e. The predicted molar refractivity (Wildman–Crippen MR) is 116 cm³/mol. The lowest BCUT2D eigenvalue weighted by Crippen LogP contribution is -2.46. The Bertz CT molecular complexity index is 1020. The van der Waals surface area contributed by atoms with Gasteiger partial charge >= 0.3 is 0 Å². The van der Waals surface area contributed by atoms with Crippen LogP contribution >= 0.6 is 23.2 Å². The van der Waals surface area contributed by atoms with Crippen LogP contribution in [0.25, 0.3) is 0 Å². The van der Waals surface area contributed by atoms with Crippen molar-refractivity contribution in [1.82, 2.24) is 19.7 Å². The van der Waals surface area contributed by atoms with Crippen molar-refractivity contribution in [3.8, 4) is 0 Å². The number of rotatable bonds is 5. The summed E-state index contributed by atoms with van der Waals surface area (Å²) >= 11 is 12.3. The summed E-state index contributed by atoms with van der Waals surface area (Å²) in [6.45, 7) is 4.44. The molecule has 29 heavy (non-hydrogen) atoms. The van der Waals surface area contributed by atoms with Crippen LogP contribution in [0.5, 0.6) is 0 Å². The zero-order chi connectivity index (χ0) is 20.2. The van der Waals surface area contributed by atoms with Crippen molar-refractivity contribution in [3.05, 3.63) is 86.5 Å². The number of benzene rings is 1. The van der Waals surface area contributed by atoms with Crippen LogP contribution in [-0.2, 0) is 13.1 Å². The van der Waals surface area contributed by atoms with E-state index in [0.717, 1.165) is 44.0 Å². The molecule has 1 saturated heterocycles. The molecule has 2 aromatic heterocycles. The number of hydrogen-bond donors (Lipinski definition) is 0. The lowest BCUT2D eigenvalue weighted by atomic mass is 10.2. The molecule has 8 heteroatoms. The standard InChI is InChI=1S/C21H21Cl2N5O/c22-17-6-7-18(24-12-17)15-26-8-10-27(11-9-26)19-13-25-28(21(29)20(19)23)14-16-4-2-1-3-5-16/h1-7,12-13H,8-11,14-15H2. The molecule has 0 spiro atoms. The summed E-state index contributed by atoms with van der Waals surface area (Å²) in [7, 11) is 0. The third-order valence-corrected chi connectivity index (χ3v) is 5.61. The lowest BCUT2D eigenvalue weighted by molar-refractivity contribution is 0.247. The first kappa shape index (κ1) is 19.9. The second kappa shape index (κ2) is 8.95. The van der Waals surface area contributed by atoms with E-state index in [0.29, 0.717) is 17.3 Å². The highest BCUT2D eigenvalue weighted by Crippen LogP contribution is 2.23. The molecule has 6 nitrogen and oxygen atoms in total. The summed E-state index contributed by atoms with van der Waals surface area (Å²) in [5.74, 6) is 0. The quantitative estimate of drug-likeness (QED) is 0.622. The Hall–Kier alpha value is -2.41. The molecule has 0 bridgehead atoms.